The highest BCUT2D eigenvalue weighted by atomic mass is 35.5. The molecule has 25 heavy (non-hydrogen) atoms. The quantitative estimate of drug-likeness (QED) is 0.783. The van der Waals surface area contributed by atoms with Gasteiger partial charge >= 0.3 is 0 Å². The number of methoxy groups -OCH3 is 1. The number of carbonyl (C=O) groups is 1. The molecule has 134 valence electrons. The Kier molecular flexibility index (Phi) is 7.10. The molecular formula is C19H23ClN2O3. The van der Waals surface area contributed by atoms with Crippen LogP contribution in [-0.4, -0.2) is 45.1 Å². The topological polar surface area (TPSA) is 50.8 Å². The zero-order chi connectivity index (χ0) is 18.2. The molecule has 0 bridgehead atoms. The second-order valence-electron chi connectivity index (χ2n) is 5.58. The molecule has 2 aromatic rings. The molecule has 5 nitrogen and oxygen atoms in total. The maximum atomic E-state index is 12.4. The summed E-state index contributed by atoms with van der Waals surface area (Å²) in [6.45, 7) is 1.69. The molecule has 0 aromatic heterocycles. The number of ether oxygens (including phenoxy) is 2. The zero-order valence-electron chi connectivity index (χ0n) is 14.7. The Bertz CT molecular complexity index is 722. The molecule has 0 spiro atoms. The molecule has 0 radical (unpaired) electrons. The van der Waals surface area contributed by atoms with Crippen LogP contribution in [0.2, 0.25) is 5.02 Å². The number of halogens is 1. The SMILES string of the molecule is CNCCN(C)C(=O)c1ccc(OCc2ccccc2Cl)c(OC)c1. The first kappa shape index (κ1) is 19.1. The van der Waals surface area contributed by atoms with E-state index in [1.807, 2.05) is 31.3 Å². The normalized spacial score (nSPS) is 10.4. The van der Waals surface area contributed by atoms with Gasteiger partial charge in [0.05, 0.1) is 7.11 Å². The summed E-state index contributed by atoms with van der Waals surface area (Å²) in [6.07, 6.45) is 0. The van der Waals surface area contributed by atoms with Crippen molar-refractivity contribution in [3.05, 3.63) is 58.6 Å². The maximum absolute atomic E-state index is 12.4. The van der Waals surface area contributed by atoms with Gasteiger partial charge in [-0.25, -0.2) is 0 Å². The lowest BCUT2D eigenvalue weighted by molar-refractivity contribution is 0.0796. The molecule has 6 heteroatoms. The summed E-state index contributed by atoms with van der Waals surface area (Å²) in [5.41, 5.74) is 1.44. The van der Waals surface area contributed by atoms with Crippen LogP contribution in [0.3, 0.4) is 0 Å². The van der Waals surface area contributed by atoms with E-state index in [1.54, 1.807) is 37.3 Å². The van der Waals surface area contributed by atoms with Gasteiger partial charge in [-0.2, -0.15) is 0 Å². The molecule has 2 aromatic carbocycles. The fraction of sp³-hybridized carbons (Fsp3) is 0.316. The number of nitrogens with zero attached hydrogens (tertiary/aromatic N) is 1. The summed E-state index contributed by atoms with van der Waals surface area (Å²) in [7, 11) is 5.18. The lowest BCUT2D eigenvalue weighted by Crippen LogP contribution is -2.32. The Labute approximate surface area is 153 Å². The van der Waals surface area contributed by atoms with Gasteiger partial charge in [0.2, 0.25) is 0 Å². The van der Waals surface area contributed by atoms with Crippen molar-refractivity contribution in [2.45, 2.75) is 6.61 Å². The first-order valence-electron chi connectivity index (χ1n) is 8.01. The predicted molar refractivity (Wildman–Crippen MR) is 99.7 cm³/mol. The lowest BCUT2D eigenvalue weighted by atomic mass is 10.1. The van der Waals surface area contributed by atoms with Crippen molar-refractivity contribution in [2.75, 3.05) is 34.3 Å². The molecule has 2 rings (SSSR count). The third-order valence-corrected chi connectivity index (χ3v) is 4.16. The van der Waals surface area contributed by atoms with Crippen LogP contribution in [0.1, 0.15) is 15.9 Å². The van der Waals surface area contributed by atoms with Crippen molar-refractivity contribution < 1.29 is 14.3 Å². The van der Waals surface area contributed by atoms with Crippen LogP contribution in [-0.2, 0) is 6.61 Å². The molecule has 0 unspecified atom stereocenters. The number of rotatable bonds is 8. The number of carbonyl (C=O) groups excluding carboxylic acids is 1. The summed E-state index contributed by atoms with van der Waals surface area (Å²) in [6, 6.07) is 12.7. The minimum Gasteiger partial charge on any atom is -0.493 e. The van der Waals surface area contributed by atoms with Crippen molar-refractivity contribution in [1.29, 1.82) is 0 Å². The second-order valence-corrected chi connectivity index (χ2v) is 5.98. The van der Waals surface area contributed by atoms with Crippen LogP contribution >= 0.6 is 11.6 Å². The Hall–Kier alpha value is -2.24. The van der Waals surface area contributed by atoms with Gasteiger partial charge in [-0.1, -0.05) is 29.8 Å². The molecule has 0 aliphatic heterocycles. The second kappa shape index (κ2) is 9.30. The van der Waals surface area contributed by atoms with Crippen LogP contribution in [0.15, 0.2) is 42.5 Å². The number of amides is 1. The number of benzene rings is 2. The number of hydrogen-bond donors (Lipinski definition) is 1. The van der Waals surface area contributed by atoms with Gasteiger partial charge in [0.1, 0.15) is 6.61 Å². The van der Waals surface area contributed by atoms with E-state index in [4.69, 9.17) is 21.1 Å². The van der Waals surface area contributed by atoms with E-state index in [9.17, 15) is 4.79 Å². The summed E-state index contributed by atoms with van der Waals surface area (Å²) in [4.78, 5) is 14.1. The molecule has 0 aliphatic carbocycles. The van der Waals surface area contributed by atoms with Crippen LogP contribution in [0, 0.1) is 0 Å². The highest BCUT2D eigenvalue weighted by molar-refractivity contribution is 6.31. The summed E-state index contributed by atoms with van der Waals surface area (Å²) in [5, 5.41) is 3.68. The van der Waals surface area contributed by atoms with Crippen molar-refractivity contribution in [2.24, 2.45) is 0 Å². The molecule has 0 saturated carbocycles. The van der Waals surface area contributed by atoms with E-state index in [1.165, 1.54) is 0 Å². The van der Waals surface area contributed by atoms with Gasteiger partial charge in [0, 0.05) is 36.3 Å². The van der Waals surface area contributed by atoms with E-state index in [0.717, 1.165) is 12.1 Å². The van der Waals surface area contributed by atoms with Crippen LogP contribution in [0.5, 0.6) is 11.5 Å². The smallest absolute Gasteiger partial charge is 0.253 e. The molecule has 1 amide bonds. The predicted octanol–water partition coefficient (Wildman–Crippen LogP) is 3.22. The third-order valence-electron chi connectivity index (χ3n) is 3.80. The number of nitrogens with one attached hydrogen (secondary N) is 1. The lowest BCUT2D eigenvalue weighted by Gasteiger charge is -2.18. The van der Waals surface area contributed by atoms with Crippen molar-refractivity contribution in [3.8, 4) is 11.5 Å². The first-order valence-corrected chi connectivity index (χ1v) is 8.39. The number of likely N-dealkylation sites (N-methyl/N-ethyl adjacent to an activating group) is 2. The minimum absolute atomic E-state index is 0.0637. The minimum atomic E-state index is -0.0637. The Morgan fingerprint density at radius 3 is 2.64 bits per heavy atom. The monoisotopic (exact) mass is 362 g/mol. The fourth-order valence-corrected chi connectivity index (χ4v) is 2.48. The van der Waals surface area contributed by atoms with E-state index >= 15 is 0 Å². The van der Waals surface area contributed by atoms with E-state index in [0.29, 0.717) is 35.2 Å². The zero-order valence-corrected chi connectivity index (χ0v) is 15.5. The van der Waals surface area contributed by atoms with E-state index in [2.05, 4.69) is 5.32 Å². The van der Waals surface area contributed by atoms with Gasteiger partial charge in [-0.3, -0.25) is 4.79 Å². The fourth-order valence-electron chi connectivity index (χ4n) is 2.29. The van der Waals surface area contributed by atoms with Gasteiger partial charge in [0.15, 0.2) is 11.5 Å². The molecular weight excluding hydrogens is 340 g/mol. The van der Waals surface area contributed by atoms with Crippen molar-refractivity contribution in [3.63, 3.8) is 0 Å². The van der Waals surface area contributed by atoms with Gasteiger partial charge < -0.3 is 19.7 Å². The summed E-state index contributed by atoms with van der Waals surface area (Å²) < 4.78 is 11.2. The Morgan fingerprint density at radius 2 is 1.96 bits per heavy atom. The summed E-state index contributed by atoms with van der Waals surface area (Å²) in [5.74, 6) is 1.02. The molecule has 0 saturated heterocycles. The van der Waals surface area contributed by atoms with Crippen LogP contribution in [0.25, 0.3) is 0 Å². The van der Waals surface area contributed by atoms with Gasteiger partial charge in [-0.15, -0.1) is 0 Å². The first-order chi connectivity index (χ1) is 12.1. The largest absolute Gasteiger partial charge is 0.493 e. The standard InChI is InChI=1S/C19H23ClN2O3/c1-21-10-11-22(2)19(23)14-8-9-17(18(12-14)24-3)25-13-15-6-4-5-7-16(15)20/h4-9,12,21H,10-11,13H2,1-3H3. The average molecular weight is 363 g/mol. The highest BCUT2D eigenvalue weighted by Gasteiger charge is 2.15. The van der Waals surface area contributed by atoms with Gasteiger partial charge in [0.25, 0.3) is 5.91 Å². The molecule has 0 atom stereocenters. The molecule has 0 aliphatic rings. The highest BCUT2D eigenvalue weighted by Crippen LogP contribution is 2.30. The van der Waals surface area contributed by atoms with Crippen LogP contribution in [0.4, 0.5) is 0 Å². The molecule has 0 heterocycles. The Morgan fingerprint density at radius 1 is 1.20 bits per heavy atom. The van der Waals surface area contributed by atoms with Crippen molar-refractivity contribution in [1.82, 2.24) is 10.2 Å². The van der Waals surface area contributed by atoms with E-state index < -0.39 is 0 Å². The third kappa shape index (κ3) is 5.11. The molecule has 1 N–H and O–H groups in total. The summed E-state index contributed by atoms with van der Waals surface area (Å²) >= 11 is 6.14. The van der Waals surface area contributed by atoms with Crippen molar-refractivity contribution >= 4 is 17.5 Å². The Balaban J connectivity index is 2.11. The van der Waals surface area contributed by atoms with E-state index in [-0.39, 0.29) is 5.91 Å². The van der Waals surface area contributed by atoms with Gasteiger partial charge in [-0.05, 0) is 31.3 Å². The average Bonchev–Trinajstić information content (AvgIpc) is 2.64. The maximum Gasteiger partial charge on any atom is 0.253 e. The van der Waals surface area contributed by atoms with Crippen LogP contribution < -0.4 is 14.8 Å². The molecule has 0 fully saturated rings. The number of hydrogen-bond acceptors (Lipinski definition) is 4.